The summed E-state index contributed by atoms with van der Waals surface area (Å²) < 4.78 is 5.71. The van der Waals surface area contributed by atoms with E-state index in [2.05, 4.69) is 51.2 Å². The lowest BCUT2D eigenvalue weighted by Gasteiger charge is -2.35. The van der Waals surface area contributed by atoms with Gasteiger partial charge in [-0.05, 0) is 87.3 Å². The number of rotatable bonds is 8. The summed E-state index contributed by atoms with van der Waals surface area (Å²) in [4.78, 5) is 28.6. The highest BCUT2D eigenvalue weighted by atomic mass is 16.5. The molecule has 40 heavy (non-hydrogen) atoms. The van der Waals surface area contributed by atoms with Crippen LogP contribution >= 0.6 is 0 Å². The SMILES string of the molecule is Cc1ccc(NC(=O)Nc2ccc(N3CCC(Cc4ccccc4)CC3)c(C(=O)NC[C@@H]3CCCO3)c2)c(C)c1. The normalized spacial score (nSPS) is 17.4. The number of hydrogen-bond donors (Lipinski definition) is 3. The first kappa shape index (κ1) is 27.7. The number of hydrogen-bond acceptors (Lipinski definition) is 4. The van der Waals surface area contributed by atoms with E-state index in [9.17, 15) is 9.59 Å². The monoisotopic (exact) mass is 540 g/mol. The van der Waals surface area contributed by atoms with Crippen LogP contribution in [0.2, 0.25) is 0 Å². The van der Waals surface area contributed by atoms with Crippen molar-refractivity contribution in [2.45, 2.75) is 52.1 Å². The molecule has 5 rings (SSSR count). The molecule has 3 aromatic rings. The zero-order valence-electron chi connectivity index (χ0n) is 23.5. The summed E-state index contributed by atoms with van der Waals surface area (Å²) in [5.74, 6) is 0.487. The molecule has 0 spiro atoms. The zero-order chi connectivity index (χ0) is 27.9. The van der Waals surface area contributed by atoms with Crippen molar-refractivity contribution in [3.8, 4) is 0 Å². The molecule has 2 aliphatic heterocycles. The third-order valence-corrected chi connectivity index (χ3v) is 7.97. The minimum atomic E-state index is -0.341. The Kier molecular flexibility index (Phi) is 9.01. The van der Waals surface area contributed by atoms with Crippen molar-refractivity contribution >= 4 is 29.0 Å². The zero-order valence-corrected chi connectivity index (χ0v) is 23.5. The summed E-state index contributed by atoms with van der Waals surface area (Å²) in [7, 11) is 0. The Labute approximate surface area is 237 Å². The first-order chi connectivity index (χ1) is 19.4. The van der Waals surface area contributed by atoms with Gasteiger partial charge in [0, 0.05) is 43.3 Å². The van der Waals surface area contributed by atoms with Gasteiger partial charge in [0.05, 0.1) is 11.7 Å². The molecule has 210 valence electrons. The molecule has 7 nitrogen and oxygen atoms in total. The van der Waals surface area contributed by atoms with Gasteiger partial charge in [0.15, 0.2) is 0 Å². The Bertz CT molecular complexity index is 1310. The number of carbonyl (C=O) groups is 2. The summed E-state index contributed by atoms with van der Waals surface area (Å²) in [6, 6.07) is 21.9. The highest BCUT2D eigenvalue weighted by molar-refractivity contribution is 6.04. The summed E-state index contributed by atoms with van der Waals surface area (Å²) in [5.41, 5.74) is 6.33. The highest BCUT2D eigenvalue weighted by Crippen LogP contribution is 2.30. The van der Waals surface area contributed by atoms with Crippen molar-refractivity contribution in [3.05, 3.63) is 89.0 Å². The largest absolute Gasteiger partial charge is 0.376 e. The molecule has 0 radical (unpaired) electrons. The summed E-state index contributed by atoms with van der Waals surface area (Å²) in [6.45, 7) is 7.01. The lowest BCUT2D eigenvalue weighted by Crippen LogP contribution is -2.37. The topological polar surface area (TPSA) is 82.7 Å². The van der Waals surface area contributed by atoms with Gasteiger partial charge in [0.2, 0.25) is 0 Å². The van der Waals surface area contributed by atoms with Gasteiger partial charge in [0.1, 0.15) is 0 Å². The van der Waals surface area contributed by atoms with Crippen LogP contribution < -0.4 is 20.9 Å². The number of nitrogens with one attached hydrogen (secondary N) is 3. The van der Waals surface area contributed by atoms with E-state index >= 15 is 0 Å². The molecule has 0 bridgehead atoms. The molecule has 0 saturated carbocycles. The Morgan fingerprint density at radius 1 is 0.925 bits per heavy atom. The molecule has 0 unspecified atom stereocenters. The van der Waals surface area contributed by atoms with E-state index in [0.717, 1.165) is 74.3 Å². The smallest absolute Gasteiger partial charge is 0.323 e. The molecule has 2 aliphatic rings. The molecular formula is C33H40N4O3. The number of anilines is 3. The van der Waals surface area contributed by atoms with Gasteiger partial charge in [-0.25, -0.2) is 4.79 Å². The van der Waals surface area contributed by atoms with Crippen LogP contribution in [0.4, 0.5) is 21.9 Å². The van der Waals surface area contributed by atoms with Crippen LogP contribution in [0.5, 0.6) is 0 Å². The van der Waals surface area contributed by atoms with Gasteiger partial charge in [-0.3, -0.25) is 4.79 Å². The minimum absolute atomic E-state index is 0.0611. The number of amides is 3. The van der Waals surface area contributed by atoms with Crippen molar-refractivity contribution in [3.63, 3.8) is 0 Å². The summed E-state index contributed by atoms with van der Waals surface area (Å²) in [5, 5.41) is 8.91. The Balaban J connectivity index is 1.28. The van der Waals surface area contributed by atoms with Gasteiger partial charge in [-0.1, -0.05) is 48.0 Å². The number of benzene rings is 3. The quantitative estimate of drug-likeness (QED) is 0.312. The maximum atomic E-state index is 13.5. The minimum Gasteiger partial charge on any atom is -0.376 e. The van der Waals surface area contributed by atoms with Crippen molar-refractivity contribution in [1.82, 2.24) is 5.32 Å². The lowest BCUT2D eigenvalue weighted by molar-refractivity contribution is 0.0858. The highest BCUT2D eigenvalue weighted by Gasteiger charge is 2.25. The second-order valence-electron chi connectivity index (χ2n) is 11.1. The van der Waals surface area contributed by atoms with Crippen LogP contribution in [0.25, 0.3) is 0 Å². The summed E-state index contributed by atoms with van der Waals surface area (Å²) >= 11 is 0. The van der Waals surface area contributed by atoms with Gasteiger partial charge in [0.25, 0.3) is 5.91 Å². The number of carbonyl (C=O) groups excluding carboxylic acids is 2. The predicted molar refractivity (Wildman–Crippen MR) is 161 cm³/mol. The maximum absolute atomic E-state index is 13.5. The van der Waals surface area contributed by atoms with E-state index in [0.29, 0.717) is 23.7 Å². The van der Waals surface area contributed by atoms with Gasteiger partial charge >= 0.3 is 6.03 Å². The first-order valence-electron chi connectivity index (χ1n) is 14.4. The average Bonchev–Trinajstić information content (AvgIpc) is 3.48. The Morgan fingerprint density at radius 2 is 1.73 bits per heavy atom. The molecule has 2 fully saturated rings. The molecular weight excluding hydrogens is 500 g/mol. The van der Waals surface area contributed by atoms with Crippen LogP contribution in [0.1, 0.15) is 52.7 Å². The van der Waals surface area contributed by atoms with E-state index in [1.54, 1.807) is 6.07 Å². The fourth-order valence-corrected chi connectivity index (χ4v) is 5.74. The number of ether oxygens (including phenoxy) is 1. The van der Waals surface area contributed by atoms with Crippen LogP contribution in [0.3, 0.4) is 0 Å². The van der Waals surface area contributed by atoms with E-state index < -0.39 is 0 Å². The molecule has 2 heterocycles. The number of piperidine rings is 1. The van der Waals surface area contributed by atoms with E-state index in [1.807, 2.05) is 44.2 Å². The second-order valence-corrected chi connectivity index (χ2v) is 11.1. The second kappa shape index (κ2) is 13.0. The van der Waals surface area contributed by atoms with Crippen LogP contribution in [0.15, 0.2) is 66.7 Å². The number of nitrogens with zero attached hydrogens (tertiary/aromatic N) is 1. The fraction of sp³-hybridized carbons (Fsp3) is 0.394. The average molecular weight is 541 g/mol. The van der Waals surface area contributed by atoms with Crippen LogP contribution in [-0.2, 0) is 11.2 Å². The Hall–Kier alpha value is -3.84. The van der Waals surface area contributed by atoms with Crippen molar-refractivity contribution in [2.75, 3.05) is 41.8 Å². The third-order valence-electron chi connectivity index (χ3n) is 7.97. The van der Waals surface area contributed by atoms with E-state index in [-0.39, 0.29) is 18.0 Å². The van der Waals surface area contributed by atoms with Crippen molar-refractivity contribution in [2.24, 2.45) is 5.92 Å². The third kappa shape index (κ3) is 7.21. The number of urea groups is 1. The molecule has 0 aliphatic carbocycles. The molecule has 3 N–H and O–H groups in total. The number of aryl methyl sites for hydroxylation is 2. The summed E-state index contributed by atoms with van der Waals surface area (Å²) in [6.07, 6.45) is 5.28. The molecule has 3 aromatic carbocycles. The van der Waals surface area contributed by atoms with Gasteiger partial charge in [-0.2, -0.15) is 0 Å². The first-order valence-corrected chi connectivity index (χ1v) is 14.4. The molecule has 2 saturated heterocycles. The maximum Gasteiger partial charge on any atom is 0.323 e. The van der Waals surface area contributed by atoms with Gasteiger partial charge in [-0.15, -0.1) is 0 Å². The van der Waals surface area contributed by atoms with Crippen LogP contribution in [0, 0.1) is 19.8 Å². The van der Waals surface area contributed by atoms with E-state index in [4.69, 9.17) is 4.74 Å². The molecule has 0 aromatic heterocycles. The molecule has 1 atom stereocenters. The van der Waals surface area contributed by atoms with Crippen molar-refractivity contribution in [1.29, 1.82) is 0 Å². The van der Waals surface area contributed by atoms with Gasteiger partial charge < -0.3 is 25.6 Å². The molecule has 7 heteroatoms. The standard InChI is InChI=1S/C33H40N4O3/c1-23-10-12-30(24(2)19-23)36-33(39)35-27-11-13-31(29(21-27)32(38)34-22-28-9-6-18-40-28)37-16-14-26(15-17-37)20-25-7-4-3-5-8-25/h3-5,7-8,10-13,19,21,26,28H,6,9,14-18,20,22H2,1-2H3,(H,34,38)(H2,35,36,39)/t28-/m0/s1. The Morgan fingerprint density at radius 3 is 2.45 bits per heavy atom. The van der Waals surface area contributed by atoms with Crippen LogP contribution in [-0.4, -0.2) is 44.3 Å². The lowest BCUT2D eigenvalue weighted by atomic mass is 9.89. The van der Waals surface area contributed by atoms with E-state index in [1.165, 1.54) is 5.56 Å². The van der Waals surface area contributed by atoms with Crippen molar-refractivity contribution < 1.29 is 14.3 Å². The predicted octanol–water partition coefficient (Wildman–Crippen LogP) is 6.32. The fourth-order valence-electron chi connectivity index (χ4n) is 5.74. The molecule has 3 amide bonds.